The quantitative estimate of drug-likeness (QED) is 0.480. The van der Waals surface area contributed by atoms with Crippen LogP contribution in [0.1, 0.15) is 20.8 Å². The average Bonchev–Trinajstić information content (AvgIpc) is 1.85. The summed E-state index contributed by atoms with van der Waals surface area (Å²) in [6, 6.07) is 0. The molecule has 0 fully saturated rings. The normalized spacial score (nSPS) is 12.0. The molecule has 0 aromatic rings. The van der Waals surface area contributed by atoms with Gasteiger partial charge in [-0.25, -0.2) is 0 Å². The third kappa shape index (κ3) is 9.84. The monoisotopic (exact) mass is 164 g/mol. The zero-order valence-electron chi connectivity index (χ0n) is 7.29. The van der Waals surface area contributed by atoms with E-state index in [4.69, 9.17) is 14.6 Å². The lowest BCUT2D eigenvalue weighted by molar-refractivity contribution is -0.183. The highest BCUT2D eigenvalue weighted by molar-refractivity contribution is 4.56. The number of aliphatic hydroxyl groups excluding tert-OH is 1. The summed E-state index contributed by atoms with van der Waals surface area (Å²) >= 11 is 0. The summed E-state index contributed by atoms with van der Waals surface area (Å²) in [7, 11) is 0. The summed E-state index contributed by atoms with van der Waals surface area (Å²) in [4.78, 5) is 0. The zero-order chi connectivity index (χ0) is 8.74. The van der Waals surface area contributed by atoms with Gasteiger partial charge in [0.2, 0.25) is 0 Å². The van der Waals surface area contributed by atoms with Crippen molar-refractivity contribution < 1.29 is 19.3 Å². The van der Waals surface area contributed by atoms with Crippen molar-refractivity contribution in [1.29, 1.82) is 0 Å². The lowest BCUT2D eigenvalue weighted by atomic mass is 10.2. The number of rotatable bonds is 5. The molecule has 0 aliphatic rings. The first-order chi connectivity index (χ1) is 5.06. The van der Waals surface area contributed by atoms with Gasteiger partial charge in [0.25, 0.3) is 0 Å². The Hall–Kier alpha value is -0.160. The van der Waals surface area contributed by atoms with E-state index in [-0.39, 0.29) is 26.0 Å². The molecular formula is C7H16O4. The van der Waals surface area contributed by atoms with Crippen molar-refractivity contribution in [3.05, 3.63) is 0 Å². The highest BCUT2D eigenvalue weighted by Gasteiger charge is 2.08. The van der Waals surface area contributed by atoms with Gasteiger partial charge in [0, 0.05) is 0 Å². The van der Waals surface area contributed by atoms with Gasteiger partial charge in [-0.15, -0.1) is 0 Å². The molecule has 0 bridgehead atoms. The molecule has 0 aromatic heterocycles. The van der Waals surface area contributed by atoms with Crippen LogP contribution in [0.5, 0.6) is 0 Å². The topological polar surface area (TPSA) is 47.9 Å². The van der Waals surface area contributed by atoms with Crippen molar-refractivity contribution >= 4 is 0 Å². The molecule has 0 aliphatic heterocycles. The van der Waals surface area contributed by atoms with Gasteiger partial charge in [-0.2, -0.15) is 0 Å². The second-order valence-corrected chi connectivity index (χ2v) is 3.03. The molecule has 4 heteroatoms. The van der Waals surface area contributed by atoms with Gasteiger partial charge in [0.1, 0.15) is 13.6 Å². The molecule has 1 N–H and O–H groups in total. The highest BCUT2D eigenvalue weighted by atomic mass is 16.8. The van der Waals surface area contributed by atoms with Crippen molar-refractivity contribution in [3.63, 3.8) is 0 Å². The molecule has 11 heavy (non-hydrogen) atoms. The van der Waals surface area contributed by atoms with E-state index in [1.165, 1.54) is 0 Å². The van der Waals surface area contributed by atoms with Crippen LogP contribution in [0.3, 0.4) is 0 Å². The average molecular weight is 164 g/mol. The Morgan fingerprint density at radius 2 is 1.73 bits per heavy atom. The van der Waals surface area contributed by atoms with Crippen LogP contribution >= 0.6 is 0 Å². The Balaban J connectivity index is 3.02. The molecule has 68 valence electrons. The second kappa shape index (κ2) is 5.49. The summed E-state index contributed by atoms with van der Waals surface area (Å²) in [6.07, 6.45) is 0. The summed E-state index contributed by atoms with van der Waals surface area (Å²) in [5.74, 6) is 0. The second-order valence-electron chi connectivity index (χ2n) is 3.03. The Labute approximate surface area is 67.1 Å². The Bertz CT molecular complexity index is 86.9. The van der Waals surface area contributed by atoms with Gasteiger partial charge >= 0.3 is 0 Å². The molecule has 0 heterocycles. The van der Waals surface area contributed by atoms with Gasteiger partial charge < -0.3 is 19.3 Å². The fraction of sp³-hybridized carbons (Fsp3) is 1.00. The Morgan fingerprint density at radius 1 is 1.09 bits per heavy atom. The maximum absolute atomic E-state index is 8.18. The molecule has 0 unspecified atom stereocenters. The van der Waals surface area contributed by atoms with Crippen LogP contribution < -0.4 is 0 Å². The van der Waals surface area contributed by atoms with E-state index < -0.39 is 0 Å². The number of hydrogen-bond acceptors (Lipinski definition) is 4. The van der Waals surface area contributed by atoms with Gasteiger partial charge in [-0.3, -0.25) is 0 Å². The number of hydrogen-bond donors (Lipinski definition) is 1. The minimum atomic E-state index is -0.324. The van der Waals surface area contributed by atoms with Crippen LogP contribution in [0.2, 0.25) is 0 Å². The van der Waals surface area contributed by atoms with Crippen molar-refractivity contribution in [2.75, 3.05) is 20.4 Å². The van der Waals surface area contributed by atoms with Gasteiger partial charge in [0.15, 0.2) is 6.79 Å². The molecule has 4 nitrogen and oxygen atoms in total. The molecule has 0 rings (SSSR count). The predicted octanol–water partition coefficient (Wildman–Crippen LogP) is 0.700. The zero-order valence-corrected chi connectivity index (χ0v) is 7.29. The highest BCUT2D eigenvalue weighted by Crippen LogP contribution is 2.05. The van der Waals surface area contributed by atoms with Crippen molar-refractivity contribution in [3.8, 4) is 0 Å². The van der Waals surface area contributed by atoms with E-state index >= 15 is 0 Å². The molecular weight excluding hydrogens is 148 g/mol. The Kier molecular flexibility index (Phi) is 5.41. The molecule has 0 atom stereocenters. The van der Waals surface area contributed by atoms with E-state index in [0.717, 1.165) is 0 Å². The van der Waals surface area contributed by atoms with Crippen LogP contribution in [0, 0.1) is 0 Å². The fourth-order valence-electron chi connectivity index (χ4n) is 0.349. The van der Waals surface area contributed by atoms with Crippen LogP contribution in [0.25, 0.3) is 0 Å². The first kappa shape index (κ1) is 10.8. The molecule has 0 amide bonds. The van der Waals surface area contributed by atoms with Gasteiger partial charge in [-0.05, 0) is 20.8 Å². The van der Waals surface area contributed by atoms with E-state index in [1.54, 1.807) is 0 Å². The third-order valence-corrected chi connectivity index (χ3v) is 0.833. The lowest BCUT2D eigenvalue weighted by Crippen LogP contribution is -2.21. The summed E-state index contributed by atoms with van der Waals surface area (Å²) < 4.78 is 14.5. The third-order valence-electron chi connectivity index (χ3n) is 0.833. The molecule has 0 aromatic carbocycles. The van der Waals surface area contributed by atoms with Crippen LogP contribution in [0.15, 0.2) is 0 Å². The number of aliphatic hydroxyl groups is 1. The van der Waals surface area contributed by atoms with Crippen LogP contribution in [0.4, 0.5) is 0 Å². The van der Waals surface area contributed by atoms with Crippen molar-refractivity contribution in [2.45, 2.75) is 26.4 Å². The molecule has 0 saturated carbocycles. The Morgan fingerprint density at radius 3 is 2.18 bits per heavy atom. The largest absolute Gasteiger partial charge is 0.371 e. The minimum absolute atomic E-state index is 0.0621. The van der Waals surface area contributed by atoms with Crippen molar-refractivity contribution in [2.24, 2.45) is 0 Å². The van der Waals surface area contributed by atoms with Crippen LogP contribution in [-0.4, -0.2) is 31.1 Å². The lowest BCUT2D eigenvalue weighted by Gasteiger charge is -2.18. The first-order valence-corrected chi connectivity index (χ1v) is 3.46. The fourth-order valence-corrected chi connectivity index (χ4v) is 0.349. The summed E-state index contributed by atoms with van der Waals surface area (Å²) in [5, 5.41) is 8.18. The van der Waals surface area contributed by atoms with E-state index in [1.807, 2.05) is 20.8 Å². The maximum Gasteiger partial charge on any atom is 0.152 e. The van der Waals surface area contributed by atoms with Crippen molar-refractivity contribution in [1.82, 2.24) is 0 Å². The van der Waals surface area contributed by atoms with E-state index in [2.05, 4.69) is 4.74 Å². The van der Waals surface area contributed by atoms with Crippen LogP contribution in [-0.2, 0) is 14.2 Å². The molecule has 0 saturated heterocycles. The first-order valence-electron chi connectivity index (χ1n) is 3.46. The predicted molar refractivity (Wildman–Crippen MR) is 39.8 cm³/mol. The maximum atomic E-state index is 8.18. The molecule has 0 aliphatic carbocycles. The smallest absolute Gasteiger partial charge is 0.152 e. The van der Waals surface area contributed by atoms with E-state index in [9.17, 15) is 0 Å². The minimum Gasteiger partial charge on any atom is -0.371 e. The molecule has 0 spiro atoms. The van der Waals surface area contributed by atoms with E-state index in [0.29, 0.717) is 0 Å². The number of ether oxygens (including phenoxy) is 3. The summed E-state index contributed by atoms with van der Waals surface area (Å²) in [5.41, 5.74) is -0.195. The summed E-state index contributed by atoms with van der Waals surface area (Å²) in [6.45, 7) is 5.72. The standard InChI is InChI=1S/C7H16O4/c1-7(2,3)11-6-10-5-9-4-8/h8H,4-6H2,1-3H3. The molecule has 0 radical (unpaired) electrons. The SMILES string of the molecule is CC(C)(C)OCOCOCO. The van der Waals surface area contributed by atoms with Gasteiger partial charge in [0.05, 0.1) is 5.60 Å². The van der Waals surface area contributed by atoms with Gasteiger partial charge in [-0.1, -0.05) is 0 Å².